The number of nitrogens with zero attached hydrogens (tertiary/aromatic N) is 4. The zero-order valence-corrected chi connectivity index (χ0v) is 30.7. The van der Waals surface area contributed by atoms with E-state index in [1.54, 1.807) is 0 Å². The number of aliphatic hydroxyl groups is 1. The number of benzene rings is 6. The maximum absolute atomic E-state index is 12.3. The Morgan fingerprint density at radius 3 is 1.65 bits per heavy atom. The molecule has 1 unspecified atom stereocenters. The van der Waals surface area contributed by atoms with E-state index < -0.39 is 5.92 Å². The third-order valence-corrected chi connectivity index (χ3v) is 10.8. The number of unbranched alkanes of at least 4 members (excludes halogenated alkanes) is 4. The summed E-state index contributed by atoms with van der Waals surface area (Å²) in [4.78, 5) is 4.64. The summed E-state index contributed by atoms with van der Waals surface area (Å²) in [7, 11) is 4.06. The maximum Gasteiger partial charge on any atom is 0.134 e. The fourth-order valence-electron chi connectivity index (χ4n) is 8.14. The first-order chi connectivity index (χ1) is 25.4. The molecule has 0 bridgehead atoms. The second kappa shape index (κ2) is 14.8. The number of hydrogen-bond donors (Lipinski definition) is 1. The van der Waals surface area contributed by atoms with Crippen LogP contribution in [0.5, 0.6) is 0 Å². The van der Waals surface area contributed by atoms with Gasteiger partial charge in [0, 0.05) is 60.5 Å². The molecule has 0 heterocycles. The molecule has 1 atom stereocenters. The van der Waals surface area contributed by atoms with Crippen molar-refractivity contribution in [2.75, 3.05) is 37.0 Å². The van der Waals surface area contributed by atoms with Gasteiger partial charge in [-0.05, 0) is 92.7 Å². The number of nitriles is 2. The lowest BCUT2D eigenvalue weighted by atomic mass is 9.68. The summed E-state index contributed by atoms with van der Waals surface area (Å²) in [6.07, 6.45) is 6.97. The van der Waals surface area contributed by atoms with Gasteiger partial charge in [-0.3, -0.25) is 0 Å². The molecule has 6 aromatic carbocycles. The lowest BCUT2D eigenvalue weighted by Gasteiger charge is -2.36. The van der Waals surface area contributed by atoms with E-state index in [1.165, 1.54) is 31.4 Å². The fourth-order valence-corrected chi connectivity index (χ4v) is 8.14. The van der Waals surface area contributed by atoms with E-state index in [4.69, 9.17) is 0 Å². The van der Waals surface area contributed by atoms with Crippen molar-refractivity contribution in [2.24, 2.45) is 0 Å². The van der Waals surface area contributed by atoms with Crippen molar-refractivity contribution in [1.82, 2.24) is 0 Å². The number of hydrogen-bond acceptors (Lipinski definition) is 5. The predicted octanol–water partition coefficient (Wildman–Crippen LogP) is 12.0. The molecule has 1 aliphatic carbocycles. The van der Waals surface area contributed by atoms with Gasteiger partial charge in [0.15, 0.2) is 0 Å². The highest BCUT2D eigenvalue weighted by Crippen LogP contribution is 2.55. The summed E-state index contributed by atoms with van der Waals surface area (Å²) in [5, 5.41) is 41.7. The average Bonchev–Trinajstić information content (AvgIpc) is 3.16. The van der Waals surface area contributed by atoms with Gasteiger partial charge in [-0.1, -0.05) is 100 Å². The molecule has 0 radical (unpaired) electrons. The number of anilines is 2. The zero-order valence-electron chi connectivity index (χ0n) is 30.7. The summed E-state index contributed by atoms with van der Waals surface area (Å²) in [6, 6.07) is 38.4. The van der Waals surface area contributed by atoms with Gasteiger partial charge in [0.05, 0.1) is 5.92 Å². The average molecular weight is 683 g/mol. The number of fused-ring (bicyclic) bond motifs is 4. The zero-order chi connectivity index (χ0) is 36.4. The maximum atomic E-state index is 12.3. The van der Waals surface area contributed by atoms with Crippen LogP contribution in [-0.4, -0.2) is 32.3 Å². The Bertz CT molecular complexity index is 2450. The van der Waals surface area contributed by atoms with Crippen LogP contribution in [0.4, 0.5) is 11.4 Å². The van der Waals surface area contributed by atoms with E-state index in [2.05, 4.69) is 115 Å². The summed E-state index contributed by atoms with van der Waals surface area (Å²) in [5.74, 6) is -0.422. The van der Waals surface area contributed by atoms with Crippen LogP contribution in [0.2, 0.25) is 0 Å². The van der Waals surface area contributed by atoms with Gasteiger partial charge in [-0.25, -0.2) is 0 Å². The third-order valence-electron chi connectivity index (χ3n) is 10.8. The van der Waals surface area contributed by atoms with E-state index in [-0.39, 0.29) is 11.3 Å². The Balaban J connectivity index is 1.47. The van der Waals surface area contributed by atoms with Crippen molar-refractivity contribution in [3.63, 3.8) is 0 Å². The lowest BCUT2D eigenvalue weighted by molar-refractivity contribution is 0.370. The predicted molar refractivity (Wildman–Crippen MR) is 219 cm³/mol. The highest BCUT2D eigenvalue weighted by atomic mass is 16.3. The molecule has 0 saturated heterocycles. The molecule has 260 valence electrons. The molecule has 1 N–H and O–H groups in total. The van der Waals surface area contributed by atoms with Gasteiger partial charge < -0.3 is 14.9 Å². The molecule has 0 aliphatic heterocycles. The first-order valence-corrected chi connectivity index (χ1v) is 18.7. The van der Waals surface area contributed by atoms with Crippen molar-refractivity contribution in [1.29, 1.82) is 10.5 Å². The third kappa shape index (κ3) is 6.12. The lowest BCUT2D eigenvalue weighted by Crippen LogP contribution is -2.26. The Morgan fingerprint density at radius 2 is 1.13 bits per heavy atom. The van der Waals surface area contributed by atoms with Crippen LogP contribution in [-0.2, 0) is 0 Å². The Kier molecular flexibility index (Phi) is 9.88. The van der Waals surface area contributed by atoms with Crippen LogP contribution in [0, 0.1) is 22.7 Å². The summed E-state index contributed by atoms with van der Waals surface area (Å²) in [6.45, 7) is 6.46. The second-order valence-corrected chi connectivity index (χ2v) is 14.3. The number of allylic oxidation sites excluding steroid dienone is 3. The first kappa shape index (κ1) is 34.7. The second-order valence-electron chi connectivity index (χ2n) is 14.3. The molecular formula is C47H46N4O. The largest absolute Gasteiger partial charge is 0.511 e. The SMILES string of the molecule is CCCCCN(CCCCC)c1ccc(C2C(O)=C(c3ccc(N(C)C)c4cc5ccccc5cc34)C2=C(C#N)C#N)c2cc3ccccc3cc12. The Hall–Kier alpha value is -5.78. The first-order valence-electron chi connectivity index (χ1n) is 18.7. The molecule has 7 rings (SSSR count). The van der Waals surface area contributed by atoms with Crippen molar-refractivity contribution >= 4 is 60.0 Å². The number of rotatable bonds is 12. The van der Waals surface area contributed by atoms with Gasteiger partial charge in [-0.15, -0.1) is 0 Å². The van der Waals surface area contributed by atoms with Crippen LogP contribution in [0.25, 0.3) is 48.7 Å². The van der Waals surface area contributed by atoms with Crippen molar-refractivity contribution in [3.05, 3.63) is 125 Å². The molecular weight excluding hydrogens is 637 g/mol. The minimum absolute atomic E-state index is 0.0298. The monoisotopic (exact) mass is 682 g/mol. The van der Waals surface area contributed by atoms with Crippen LogP contribution in [0.1, 0.15) is 69.4 Å². The van der Waals surface area contributed by atoms with Gasteiger partial charge in [-0.2, -0.15) is 10.5 Å². The van der Waals surface area contributed by atoms with Crippen LogP contribution >= 0.6 is 0 Å². The van der Waals surface area contributed by atoms with E-state index in [9.17, 15) is 15.6 Å². The Morgan fingerprint density at radius 1 is 0.635 bits per heavy atom. The fraction of sp³-hybridized carbons (Fsp3) is 0.277. The van der Waals surface area contributed by atoms with Crippen LogP contribution in [0.3, 0.4) is 0 Å². The van der Waals surface area contributed by atoms with Gasteiger partial charge in [0.1, 0.15) is 23.5 Å². The highest BCUT2D eigenvalue weighted by Gasteiger charge is 2.41. The molecule has 0 aromatic heterocycles. The molecule has 1 aliphatic rings. The van der Waals surface area contributed by atoms with E-state index in [0.717, 1.165) is 85.8 Å². The molecule has 5 nitrogen and oxygen atoms in total. The summed E-state index contributed by atoms with van der Waals surface area (Å²) >= 11 is 0. The molecule has 0 spiro atoms. The van der Waals surface area contributed by atoms with Crippen LogP contribution < -0.4 is 9.80 Å². The van der Waals surface area contributed by atoms with Crippen LogP contribution in [0.15, 0.2) is 114 Å². The van der Waals surface area contributed by atoms with Gasteiger partial charge in [0.2, 0.25) is 0 Å². The summed E-state index contributed by atoms with van der Waals surface area (Å²) < 4.78 is 0. The normalized spacial score (nSPS) is 14.1. The minimum atomic E-state index is -0.611. The Labute approximate surface area is 307 Å². The van der Waals surface area contributed by atoms with E-state index >= 15 is 0 Å². The molecule has 6 aromatic rings. The minimum Gasteiger partial charge on any atom is -0.511 e. The topological polar surface area (TPSA) is 74.3 Å². The van der Waals surface area contributed by atoms with E-state index in [1.807, 2.05) is 32.3 Å². The molecule has 5 heteroatoms. The smallest absolute Gasteiger partial charge is 0.134 e. The summed E-state index contributed by atoms with van der Waals surface area (Å²) in [5.41, 5.74) is 5.17. The molecule has 0 amide bonds. The number of aliphatic hydroxyl groups excluding tert-OH is 1. The standard InChI is InChI=1S/C47H46N4O/c1-5-7-13-23-51(24-14-8-6-2)43-22-20-37(39-26-32-16-10-12-18-34(32)28-41(39)43)46-44(35(29-48)30-49)45(47(46)52)36-19-21-42(50(3)4)40-27-33-17-11-9-15-31(33)25-38(36)40/h9-12,15-22,25-28,46,52H,5-8,13-14,23-24H2,1-4H3. The molecule has 0 saturated carbocycles. The quantitative estimate of drug-likeness (QED) is 0.0790. The van der Waals surface area contributed by atoms with Crippen molar-refractivity contribution in [2.45, 2.75) is 58.3 Å². The highest BCUT2D eigenvalue weighted by molar-refractivity contribution is 6.13. The molecule has 0 fully saturated rings. The van der Waals surface area contributed by atoms with Crippen molar-refractivity contribution in [3.8, 4) is 12.1 Å². The van der Waals surface area contributed by atoms with Gasteiger partial charge in [0.25, 0.3) is 0 Å². The van der Waals surface area contributed by atoms with Gasteiger partial charge >= 0.3 is 0 Å². The van der Waals surface area contributed by atoms with Crippen molar-refractivity contribution < 1.29 is 5.11 Å². The molecule has 52 heavy (non-hydrogen) atoms. The van der Waals surface area contributed by atoms with E-state index in [0.29, 0.717) is 11.1 Å².